The first kappa shape index (κ1) is 18.1. The van der Waals surface area contributed by atoms with E-state index < -0.39 is 0 Å². The van der Waals surface area contributed by atoms with E-state index in [1.165, 1.54) is 0 Å². The SMILES string of the molecule is COc1ccc(CN=C(N)NCCCc2nc(C)cs2)cc1OC. The van der Waals surface area contributed by atoms with Crippen molar-refractivity contribution in [2.24, 2.45) is 10.7 Å². The van der Waals surface area contributed by atoms with Gasteiger partial charge in [-0.25, -0.2) is 9.98 Å². The van der Waals surface area contributed by atoms with Crippen LogP contribution in [0.25, 0.3) is 0 Å². The molecule has 3 N–H and O–H groups in total. The summed E-state index contributed by atoms with van der Waals surface area (Å²) in [6.45, 7) is 3.28. The van der Waals surface area contributed by atoms with E-state index in [0.29, 0.717) is 24.0 Å². The zero-order valence-corrected chi connectivity index (χ0v) is 15.2. The maximum atomic E-state index is 5.90. The molecule has 0 saturated heterocycles. The second-order valence-electron chi connectivity index (χ2n) is 5.30. The molecule has 130 valence electrons. The Labute approximate surface area is 146 Å². The number of nitrogens with two attached hydrogens (primary N) is 1. The summed E-state index contributed by atoms with van der Waals surface area (Å²) >= 11 is 1.70. The van der Waals surface area contributed by atoms with Crippen molar-refractivity contribution >= 4 is 17.3 Å². The van der Waals surface area contributed by atoms with E-state index in [1.807, 2.05) is 25.1 Å². The lowest BCUT2D eigenvalue weighted by Gasteiger charge is -2.09. The molecule has 0 unspecified atom stereocenters. The van der Waals surface area contributed by atoms with Crippen molar-refractivity contribution in [1.82, 2.24) is 10.3 Å². The van der Waals surface area contributed by atoms with Gasteiger partial charge in [-0.15, -0.1) is 11.3 Å². The Bertz CT molecular complexity index is 685. The lowest BCUT2D eigenvalue weighted by molar-refractivity contribution is 0.354. The summed E-state index contributed by atoms with van der Waals surface area (Å²) in [6.07, 6.45) is 1.92. The third kappa shape index (κ3) is 5.42. The van der Waals surface area contributed by atoms with Gasteiger partial charge in [-0.3, -0.25) is 0 Å². The number of methoxy groups -OCH3 is 2. The van der Waals surface area contributed by atoms with Crippen molar-refractivity contribution in [3.8, 4) is 11.5 Å². The summed E-state index contributed by atoms with van der Waals surface area (Å²) in [7, 11) is 3.23. The highest BCUT2D eigenvalue weighted by atomic mass is 32.1. The van der Waals surface area contributed by atoms with Crippen LogP contribution >= 0.6 is 11.3 Å². The summed E-state index contributed by atoms with van der Waals surface area (Å²) in [5.41, 5.74) is 7.99. The first-order valence-electron chi connectivity index (χ1n) is 7.78. The number of nitrogens with one attached hydrogen (secondary N) is 1. The van der Waals surface area contributed by atoms with Crippen molar-refractivity contribution in [2.45, 2.75) is 26.3 Å². The molecule has 1 aromatic carbocycles. The number of benzene rings is 1. The van der Waals surface area contributed by atoms with E-state index >= 15 is 0 Å². The highest BCUT2D eigenvalue weighted by Gasteiger charge is 2.04. The normalized spacial score (nSPS) is 11.4. The van der Waals surface area contributed by atoms with Crippen LogP contribution in [-0.2, 0) is 13.0 Å². The Kier molecular flexibility index (Phi) is 6.87. The van der Waals surface area contributed by atoms with Gasteiger partial charge in [0.2, 0.25) is 0 Å². The fourth-order valence-electron chi connectivity index (χ4n) is 2.18. The number of guanidine groups is 1. The number of hydrogen-bond acceptors (Lipinski definition) is 5. The zero-order chi connectivity index (χ0) is 17.4. The number of aliphatic imine (C=N–C) groups is 1. The molecule has 2 rings (SSSR count). The zero-order valence-electron chi connectivity index (χ0n) is 14.3. The molecule has 0 atom stereocenters. The van der Waals surface area contributed by atoms with Crippen molar-refractivity contribution in [1.29, 1.82) is 0 Å². The highest BCUT2D eigenvalue weighted by Crippen LogP contribution is 2.27. The fourth-order valence-corrected chi connectivity index (χ4v) is 3.00. The molecular weight excluding hydrogens is 324 g/mol. The molecule has 7 heteroatoms. The minimum absolute atomic E-state index is 0.445. The maximum absolute atomic E-state index is 5.90. The molecule has 2 aromatic rings. The number of hydrogen-bond donors (Lipinski definition) is 2. The Balaban J connectivity index is 1.77. The third-order valence-corrected chi connectivity index (χ3v) is 4.45. The predicted molar refractivity (Wildman–Crippen MR) is 98.0 cm³/mol. The number of aromatic nitrogens is 1. The van der Waals surface area contributed by atoms with Gasteiger partial charge in [-0.1, -0.05) is 6.07 Å². The van der Waals surface area contributed by atoms with E-state index in [0.717, 1.165) is 35.7 Å². The van der Waals surface area contributed by atoms with Crippen LogP contribution in [0.5, 0.6) is 11.5 Å². The largest absolute Gasteiger partial charge is 0.493 e. The van der Waals surface area contributed by atoms with Gasteiger partial charge >= 0.3 is 0 Å². The Morgan fingerprint density at radius 2 is 2.08 bits per heavy atom. The number of nitrogens with zero attached hydrogens (tertiary/aromatic N) is 2. The molecule has 0 bridgehead atoms. The van der Waals surface area contributed by atoms with Gasteiger partial charge < -0.3 is 20.5 Å². The molecule has 0 spiro atoms. The van der Waals surface area contributed by atoms with Crippen molar-refractivity contribution in [2.75, 3.05) is 20.8 Å². The first-order valence-corrected chi connectivity index (χ1v) is 8.66. The van der Waals surface area contributed by atoms with Crippen molar-refractivity contribution in [3.05, 3.63) is 39.8 Å². The standard InChI is InChI=1S/C17H24N4O2S/c1-12-11-24-16(21-12)5-4-8-19-17(18)20-10-13-6-7-14(22-2)15(9-13)23-3/h6-7,9,11H,4-5,8,10H2,1-3H3,(H3,18,19,20). The van der Waals surface area contributed by atoms with Crippen LogP contribution in [0.3, 0.4) is 0 Å². The van der Waals surface area contributed by atoms with Crippen molar-refractivity contribution < 1.29 is 9.47 Å². The Morgan fingerprint density at radius 1 is 1.29 bits per heavy atom. The minimum atomic E-state index is 0.445. The molecule has 0 radical (unpaired) electrons. The van der Waals surface area contributed by atoms with E-state index in [-0.39, 0.29) is 0 Å². The monoisotopic (exact) mass is 348 g/mol. The topological polar surface area (TPSA) is 81.8 Å². The summed E-state index contributed by atoms with van der Waals surface area (Å²) in [4.78, 5) is 8.79. The van der Waals surface area contributed by atoms with Crippen LogP contribution in [0.15, 0.2) is 28.6 Å². The minimum Gasteiger partial charge on any atom is -0.493 e. The summed E-state index contributed by atoms with van der Waals surface area (Å²) in [5.74, 6) is 1.84. The number of rotatable bonds is 8. The molecule has 24 heavy (non-hydrogen) atoms. The van der Waals surface area contributed by atoms with Gasteiger partial charge in [0, 0.05) is 24.0 Å². The van der Waals surface area contributed by atoms with Crippen LogP contribution < -0.4 is 20.5 Å². The molecule has 0 saturated carbocycles. The molecule has 0 fully saturated rings. The van der Waals surface area contributed by atoms with E-state index in [2.05, 4.69) is 20.7 Å². The van der Waals surface area contributed by atoms with E-state index in [1.54, 1.807) is 25.6 Å². The van der Waals surface area contributed by atoms with Gasteiger partial charge in [0.05, 0.1) is 25.8 Å². The number of aryl methyl sites for hydroxylation is 2. The smallest absolute Gasteiger partial charge is 0.188 e. The van der Waals surface area contributed by atoms with Gasteiger partial charge in [0.15, 0.2) is 17.5 Å². The van der Waals surface area contributed by atoms with Gasteiger partial charge in [0.1, 0.15) is 0 Å². The van der Waals surface area contributed by atoms with Gasteiger partial charge in [-0.05, 0) is 31.0 Å². The molecule has 0 amide bonds. The number of thiazole rings is 1. The van der Waals surface area contributed by atoms with E-state index in [4.69, 9.17) is 15.2 Å². The molecular formula is C17H24N4O2S. The predicted octanol–water partition coefficient (Wildman–Crippen LogP) is 2.51. The second kappa shape index (κ2) is 9.12. The van der Waals surface area contributed by atoms with Crippen LogP contribution in [0.4, 0.5) is 0 Å². The number of ether oxygens (including phenoxy) is 2. The molecule has 0 aliphatic rings. The average Bonchev–Trinajstić information content (AvgIpc) is 3.01. The van der Waals surface area contributed by atoms with Crippen LogP contribution in [-0.4, -0.2) is 31.7 Å². The average molecular weight is 348 g/mol. The lowest BCUT2D eigenvalue weighted by atomic mass is 10.2. The van der Waals surface area contributed by atoms with Crippen molar-refractivity contribution in [3.63, 3.8) is 0 Å². The highest BCUT2D eigenvalue weighted by molar-refractivity contribution is 7.09. The third-order valence-electron chi connectivity index (χ3n) is 3.42. The molecule has 6 nitrogen and oxygen atoms in total. The quantitative estimate of drug-likeness (QED) is 0.435. The summed E-state index contributed by atoms with van der Waals surface area (Å²) in [5, 5.41) is 6.36. The first-order chi connectivity index (χ1) is 11.6. The second-order valence-corrected chi connectivity index (χ2v) is 6.25. The lowest BCUT2D eigenvalue weighted by Crippen LogP contribution is -2.32. The molecule has 0 aliphatic carbocycles. The van der Waals surface area contributed by atoms with E-state index in [9.17, 15) is 0 Å². The van der Waals surface area contributed by atoms with Gasteiger partial charge in [-0.2, -0.15) is 0 Å². The summed E-state index contributed by atoms with van der Waals surface area (Å²) < 4.78 is 10.5. The maximum Gasteiger partial charge on any atom is 0.188 e. The Morgan fingerprint density at radius 3 is 2.75 bits per heavy atom. The van der Waals surface area contributed by atoms with Crippen LogP contribution in [0, 0.1) is 6.92 Å². The molecule has 1 heterocycles. The van der Waals surface area contributed by atoms with Gasteiger partial charge in [0.25, 0.3) is 0 Å². The van der Waals surface area contributed by atoms with Crippen LogP contribution in [0.1, 0.15) is 22.7 Å². The summed E-state index contributed by atoms with van der Waals surface area (Å²) in [6, 6.07) is 5.71. The molecule has 0 aliphatic heterocycles. The molecule has 1 aromatic heterocycles. The van der Waals surface area contributed by atoms with Crippen LogP contribution in [0.2, 0.25) is 0 Å². The Hall–Kier alpha value is -2.28. The fraction of sp³-hybridized carbons (Fsp3) is 0.412.